The zero-order valence-electron chi connectivity index (χ0n) is 15.0. The van der Waals surface area contributed by atoms with Crippen molar-refractivity contribution in [2.24, 2.45) is 0 Å². The predicted octanol–water partition coefficient (Wildman–Crippen LogP) is 1.74. The van der Waals surface area contributed by atoms with Crippen LogP contribution in [0.15, 0.2) is 18.2 Å². The molecule has 1 aliphatic rings. The van der Waals surface area contributed by atoms with E-state index < -0.39 is 0 Å². The number of aromatic nitrogens is 3. The summed E-state index contributed by atoms with van der Waals surface area (Å²) in [4.78, 5) is 3.24. The van der Waals surface area contributed by atoms with Gasteiger partial charge in [0.25, 0.3) is 0 Å². The van der Waals surface area contributed by atoms with E-state index in [1.54, 1.807) is 12.1 Å². The van der Waals surface area contributed by atoms with Crippen LogP contribution in [0.25, 0.3) is 0 Å². The third-order valence-electron chi connectivity index (χ3n) is 4.47. The lowest BCUT2D eigenvalue weighted by molar-refractivity contribution is -0.917. The molecule has 1 aromatic heterocycles. The van der Waals surface area contributed by atoms with Gasteiger partial charge in [0.1, 0.15) is 12.4 Å². The molecule has 0 saturated carbocycles. The van der Waals surface area contributed by atoms with Crippen LogP contribution in [0.5, 0.6) is 0 Å². The van der Waals surface area contributed by atoms with Crippen LogP contribution in [-0.2, 0) is 24.5 Å². The molecule has 1 N–H and O–H groups in total. The average molecular weight is 401 g/mol. The number of benzene rings is 1. The van der Waals surface area contributed by atoms with Crippen LogP contribution in [0.4, 0.5) is 10.3 Å². The molecule has 0 aliphatic carbocycles. The Balaban J connectivity index is 1.79. The Kier molecular flexibility index (Phi) is 6.29. The molecule has 0 amide bonds. The average Bonchev–Trinajstić information content (AvgIpc) is 2.95. The Bertz CT molecular complexity index is 798. The summed E-state index contributed by atoms with van der Waals surface area (Å²) < 4.78 is 24.0. The van der Waals surface area contributed by atoms with Gasteiger partial charge in [0.2, 0.25) is 10.7 Å². The van der Waals surface area contributed by atoms with Gasteiger partial charge in [-0.05, 0) is 31.3 Å². The largest absolute Gasteiger partial charge is 0.378 e. The van der Waals surface area contributed by atoms with Crippen LogP contribution in [0.1, 0.15) is 12.5 Å². The summed E-state index contributed by atoms with van der Waals surface area (Å²) in [5.74, 6) is 0.589. The van der Waals surface area contributed by atoms with E-state index in [9.17, 15) is 4.39 Å². The number of hydrogen-bond acceptors (Lipinski definition) is 4. The molecule has 6 nitrogen and oxygen atoms in total. The van der Waals surface area contributed by atoms with E-state index in [1.165, 1.54) is 6.07 Å². The van der Waals surface area contributed by atoms with E-state index in [4.69, 9.17) is 33.7 Å². The molecule has 2 heterocycles. The maximum Gasteiger partial charge on any atom is 0.226 e. The fourth-order valence-electron chi connectivity index (χ4n) is 3.12. The smallest absolute Gasteiger partial charge is 0.226 e. The van der Waals surface area contributed by atoms with Crippen LogP contribution < -0.4 is 9.80 Å². The number of anilines is 1. The minimum absolute atomic E-state index is 0.284. The SMILES string of the molecule is CCn1c(N2CCOCC2)nn(C[NH+](C)Cc2c(F)cccc2Cl)c1=S. The Morgan fingerprint density at radius 1 is 1.35 bits per heavy atom. The minimum atomic E-state index is -0.284. The highest BCUT2D eigenvalue weighted by atomic mass is 35.5. The van der Waals surface area contributed by atoms with Crippen molar-refractivity contribution in [1.29, 1.82) is 0 Å². The quantitative estimate of drug-likeness (QED) is 0.750. The second kappa shape index (κ2) is 8.47. The van der Waals surface area contributed by atoms with Gasteiger partial charge in [-0.2, -0.15) is 4.68 Å². The monoisotopic (exact) mass is 400 g/mol. The number of morpholine rings is 1. The second-order valence-corrected chi connectivity index (χ2v) is 7.19. The summed E-state index contributed by atoms with van der Waals surface area (Å²) in [6.45, 7) is 6.80. The molecule has 26 heavy (non-hydrogen) atoms. The van der Waals surface area contributed by atoms with Gasteiger partial charge in [-0.1, -0.05) is 17.7 Å². The summed E-state index contributed by atoms with van der Waals surface area (Å²) in [5.41, 5.74) is 0.515. The summed E-state index contributed by atoms with van der Waals surface area (Å²) in [7, 11) is 1.98. The van der Waals surface area contributed by atoms with E-state index in [1.807, 2.05) is 16.3 Å². The van der Waals surface area contributed by atoms with E-state index in [0.717, 1.165) is 30.5 Å². The summed E-state index contributed by atoms with van der Waals surface area (Å²) >= 11 is 11.8. The highest BCUT2D eigenvalue weighted by Crippen LogP contribution is 2.18. The van der Waals surface area contributed by atoms with Gasteiger partial charge in [-0.3, -0.25) is 4.57 Å². The first-order valence-corrected chi connectivity index (χ1v) is 9.54. The Hall–Kier alpha value is -1.48. The molecule has 1 aliphatic heterocycles. The fraction of sp³-hybridized carbons (Fsp3) is 0.529. The van der Waals surface area contributed by atoms with Gasteiger partial charge in [0, 0.05) is 19.6 Å². The number of quaternary nitrogens is 1. The topological polar surface area (TPSA) is 39.7 Å². The maximum atomic E-state index is 14.0. The normalized spacial score (nSPS) is 16.1. The first-order chi connectivity index (χ1) is 12.5. The molecular weight excluding hydrogens is 377 g/mol. The third kappa shape index (κ3) is 4.09. The van der Waals surface area contributed by atoms with Crippen molar-refractivity contribution in [3.63, 3.8) is 0 Å². The molecule has 1 saturated heterocycles. The Labute approximate surface area is 162 Å². The van der Waals surface area contributed by atoms with Crippen molar-refractivity contribution in [2.45, 2.75) is 26.7 Å². The van der Waals surface area contributed by atoms with Gasteiger partial charge in [-0.15, -0.1) is 5.10 Å². The van der Waals surface area contributed by atoms with E-state index in [2.05, 4.69) is 11.8 Å². The van der Waals surface area contributed by atoms with Crippen LogP contribution in [0.3, 0.4) is 0 Å². The fourth-order valence-corrected chi connectivity index (χ4v) is 3.67. The van der Waals surface area contributed by atoms with Crippen molar-refractivity contribution in [3.05, 3.63) is 39.4 Å². The Morgan fingerprint density at radius 3 is 2.73 bits per heavy atom. The maximum absolute atomic E-state index is 14.0. The van der Waals surface area contributed by atoms with Crippen LogP contribution in [-0.4, -0.2) is 47.7 Å². The molecule has 0 radical (unpaired) electrons. The van der Waals surface area contributed by atoms with Crippen LogP contribution in [0.2, 0.25) is 5.02 Å². The van der Waals surface area contributed by atoms with Crippen molar-refractivity contribution < 1.29 is 14.0 Å². The first-order valence-electron chi connectivity index (χ1n) is 8.75. The summed E-state index contributed by atoms with van der Waals surface area (Å²) in [5, 5.41) is 5.17. The highest BCUT2D eigenvalue weighted by Gasteiger charge is 2.21. The van der Waals surface area contributed by atoms with Crippen molar-refractivity contribution >= 4 is 29.8 Å². The zero-order chi connectivity index (χ0) is 18.7. The lowest BCUT2D eigenvalue weighted by Crippen LogP contribution is -3.07. The molecular formula is C17H24ClFN5OS+. The number of halogens is 2. The summed E-state index contributed by atoms with van der Waals surface area (Å²) in [6, 6.07) is 4.76. The molecule has 2 aromatic rings. The molecule has 142 valence electrons. The standard InChI is InChI=1S/C17H23ClFN5OS/c1-3-23-16(22-7-9-25-10-8-22)20-24(17(23)26)12-21(2)11-13-14(18)5-4-6-15(13)19/h4-6H,3,7-12H2,1-2H3/p+1. The van der Waals surface area contributed by atoms with Crippen LogP contribution >= 0.6 is 23.8 Å². The predicted molar refractivity (Wildman–Crippen MR) is 102 cm³/mol. The second-order valence-electron chi connectivity index (χ2n) is 6.42. The van der Waals surface area contributed by atoms with E-state index >= 15 is 0 Å². The van der Waals surface area contributed by atoms with Gasteiger partial charge in [-0.25, -0.2) is 4.39 Å². The lowest BCUT2D eigenvalue weighted by Gasteiger charge is -2.27. The molecule has 3 rings (SSSR count). The number of nitrogens with one attached hydrogen (secondary N) is 1. The number of rotatable bonds is 6. The van der Waals surface area contributed by atoms with Crippen molar-refractivity contribution in [3.8, 4) is 0 Å². The van der Waals surface area contributed by atoms with Gasteiger partial charge in [0.05, 0.1) is 30.8 Å². The van der Waals surface area contributed by atoms with Gasteiger partial charge >= 0.3 is 0 Å². The zero-order valence-corrected chi connectivity index (χ0v) is 16.6. The van der Waals surface area contributed by atoms with E-state index in [0.29, 0.717) is 41.8 Å². The van der Waals surface area contributed by atoms with Crippen molar-refractivity contribution in [1.82, 2.24) is 14.3 Å². The molecule has 1 fully saturated rings. The molecule has 1 unspecified atom stereocenters. The molecule has 1 atom stereocenters. The molecule has 9 heteroatoms. The third-order valence-corrected chi connectivity index (χ3v) is 5.26. The van der Waals surface area contributed by atoms with E-state index in [-0.39, 0.29) is 5.82 Å². The molecule has 0 bridgehead atoms. The highest BCUT2D eigenvalue weighted by molar-refractivity contribution is 7.71. The minimum Gasteiger partial charge on any atom is -0.378 e. The van der Waals surface area contributed by atoms with Crippen LogP contribution in [0, 0.1) is 10.6 Å². The lowest BCUT2D eigenvalue weighted by atomic mass is 10.2. The van der Waals surface area contributed by atoms with Gasteiger partial charge < -0.3 is 14.5 Å². The number of ether oxygens (including phenoxy) is 1. The molecule has 0 spiro atoms. The summed E-state index contributed by atoms with van der Waals surface area (Å²) in [6.07, 6.45) is 0. The Morgan fingerprint density at radius 2 is 2.08 bits per heavy atom. The van der Waals surface area contributed by atoms with Crippen molar-refractivity contribution in [2.75, 3.05) is 38.3 Å². The number of nitrogens with zero attached hydrogens (tertiary/aromatic N) is 4. The van der Waals surface area contributed by atoms with Gasteiger partial charge in [0.15, 0.2) is 6.67 Å². The first kappa shape index (κ1) is 19.3. The molecule has 1 aromatic carbocycles. The number of hydrogen-bond donors (Lipinski definition) is 1.